The molecule has 0 spiro atoms. The zero-order chi connectivity index (χ0) is 16.6. The van der Waals surface area contributed by atoms with Gasteiger partial charge in [-0.2, -0.15) is 0 Å². The number of esters is 1. The van der Waals surface area contributed by atoms with Gasteiger partial charge in [-0.05, 0) is 18.1 Å². The molecule has 1 aliphatic carbocycles. The van der Waals surface area contributed by atoms with Gasteiger partial charge in [0, 0.05) is 12.0 Å². The Morgan fingerprint density at radius 2 is 2.00 bits per heavy atom. The lowest BCUT2D eigenvalue weighted by Crippen LogP contribution is -2.30. The highest BCUT2D eigenvalue weighted by Gasteiger charge is 2.49. The standard InChI is InChI=1S/C18H22N2O3/c1-5-23-16-13-9-7-6-8-12(13)15(18(16,2)3)20-11-19-10-14(20)17(21)22-4/h6-11,15-16H,5H2,1-4H3/t15-,16-/m0/s1. The van der Waals surface area contributed by atoms with Crippen molar-refractivity contribution >= 4 is 5.97 Å². The Morgan fingerprint density at radius 3 is 2.65 bits per heavy atom. The predicted molar refractivity (Wildman–Crippen MR) is 86.3 cm³/mol. The van der Waals surface area contributed by atoms with E-state index in [1.54, 1.807) is 12.5 Å². The summed E-state index contributed by atoms with van der Waals surface area (Å²) in [5.41, 5.74) is 2.58. The van der Waals surface area contributed by atoms with Crippen molar-refractivity contribution in [2.45, 2.75) is 32.9 Å². The van der Waals surface area contributed by atoms with Crippen LogP contribution in [0.5, 0.6) is 0 Å². The molecule has 0 fully saturated rings. The van der Waals surface area contributed by atoms with Crippen LogP contribution in [-0.2, 0) is 9.47 Å². The minimum absolute atomic E-state index is 0.0263. The van der Waals surface area contributed by atoms with Gasteiger partial charge in [0.2, 0.25) is 0 Å². The molecule has 0 radical (unpaired) electrons. The van der Waals surface area contributed by atoms with Gasteiger partial charge >= 0.3 is 5.97 Å². The highest BCUT2D eigenvalue weighted by molar-refractivity contribution is 5.87. The minimum atomic E-state index is -0.379. The van der Waals surface area contributed by atoms with Crippen LogP contribution in [0.3, 0.4) is 0 Å². The normalized spacial score (nSPS) is 21.9. The predicted octanol–water partition coefficient (Wildman–Crippen LogP) is 3.38. The summed E-state index contributed by atoms with van der Waals surface area (Å²) < 4.78 is 12.9. The summed E-state index contributed by atoms with van der Waals surface area (Å²) in [6.07, 6.45) is 3.23. The molecule has 5 heteroatoms. The fourth-order valence-electron chi connectivity index (χ4n) is 3.70. The second-order valence-electron chi connectivity index (χ2n) is 6.37. The van der Waals surface area contributed by atoms with Crippen molar-refractivity contribution < 1.29 is 14.3 Å². The minimum Gasteiger partial charge on any atom is -0.464 e. The van der Waals surface area contributed by atoms with Crippen molar-refractivity contribution in [3.05, 3.63) is 53.6 Å². The van der Waals surface area contributed by atoms with Crippen LogP contribution in [0.1, 0.15) is 54.5 Å². The zero-order valence-corrected chi connectivity index (χ0v) is 13.9. The van der Waals surface area contributed by atoms with Crippen molar-refractivity contribution in [2.24, 2.45) is 5.41 Å². The van der Waals surface area contributed by atoms with Crippen molar-refractivity contribution in [2.75, 3.05) is 13.7 Å². The average molecular weight is 314 g/mol. The molecule has 0 saturated heterocycles. The first kappa shape index (κ1) is 15.7. The van der Waals surface area contributed by atoms with Gasteiger partial charge in [0.1, 0.15) is 5.69 Å². The summed E-state index contributed by atoms with van der Waals surface area (Å²) >= 11 is 0. The van der Waals surface area contributed by atoms with E-state index in [4.69, 9.17) is 9.47 Å². The van der Waals surface area contributed by atoms with Gasteiger partial charge in [0.15, 0.2) is 0 Å². The number of aromatic nitrogens is 2. The van der Waals surface area contributed by atoms with E-state index >= 15 is 0 Å². The SMILES string of the molecule is CCO[C@H]1c2ccccc2[C@H](n2cncc2C(=O)OC)C1(C)C. The molecule has 0 unspecified atom stereocenters. The molecular formula is C18H22N2O3. The topological polar surface area (TPSA) is 53.4 Å². The fourth-order valence-corrected chi connectivity index (χ4v) is 3.70. The molecule has 0 amide bonds. The maximum atomic E-state index is 12.1. The first-order valence-electron chi connectivity index (χ1n) is 7.83. The van der Waals surface area contributed by atoms with Gasteiger partial charge in [0.25, 0.3) is 0 Å². The van der Waals surface area contributed by atoms with Gasteiger partial charge in [-0.15, -0.1) is 0 Å². The summed E-state index contributed by atoms with van der Waals surface area (Å²) in [6.45, 7) is 6.98. The van der Waals surface area contributed by atoms with E-state index < -0.39 is 0 Å². The Labute approximate surface area is 136 Å². The molecule has 1 heterocycles. The molecule has 5 nitrogen and oxygen atoms in total. The number of carbonyl (C=O) groups excluding carboxylic acids is 1. The first-order chi connectivity index (χ1) is 11.0. The van der Waals surface area contributed by atoms with E-state index in [1.165, 1.54) is 18.2 Å². The maximum Gasteiger partial charge on any atom is 0.356 e. The summed E-state index contributed by atoms with van der Waals surface area (Å²) in [7, 11) is 1.39. The molecule has 2 aromatic rings. The molecule has 3 rings (SSSR count). The Hall–Kier alpha value is -2.14. The van der Waals surface area contributed by atoms with Crippen LogP contribution in [0.2, 0.25) is 0 Å². The van der Waals surface area contributed by atoms with Crippen LogP contribution >= 0.6 is 0 Å². The molecule has 1 aromatic carbocycles. The van der Waals surface area contributed by atoms with Crippen LogP contribution in [-0.4, -0.2) is 29.2 Å². The maximum absolute atomic E-state index is 12.1. The van der Waals surface area contributed by atoms with Crippen LogP contribution in [0.4, 0.5) is 0 Å². The third kappa shape index (κ3) is 2.36. The summed E-state index contributed by atoms with van der Waals surface area (Å²) in [6, 6.07) is 8.21. The lowest BCUT2D eigenvalue weighted by Gasteiger charge is -2.34. The number of fused-ring (bicyclic) bond motifs is 1. The largest absolute Gasteiger partial charge is 0.464 e. The third-order valence-corrected chi connectivity index (χ3v) is 4.63. The van der Waals surface area contributed by atoms with E-state index in [0.29, 0.717) is 12.3 Å². The van der Waals surface area contributed by atoms with E-state index in [1.807, 2.05) is 23.6 Å². The van der Waals surface area contributed by atoms with E-state index in [2.05, 4.69) is 31.0 Å². The van der Waals surface area contributed by atoms with Gasteiger partial charge in [-0.25, -0.2) is 9.78 Å². The lowest BCUT2D eigenvalue weighted by atomic mass is 9.83. The number of hydrogen-bond acceptors (Lipinski definition) is 4. The second-order valence-corrected chi connectivity index (χ2v) is 6.37. The molecule has 1 aromatic heterocycles. The summed E-state index contributed by atoms with van der Waals surface area (Å²) in [5, 5.41) is 0. The van der Waals surface area contributed by atoms with Gasteiger partial charge in [-0.3, -0.25) is 0 Å². The highest BCUT2D eigenvalue weighted by Crippen LogP contribution is 2.56. The zero-order valence-electron chi connectivity index (χ0n) is 13.9. The molecule has 0 bridgehead atoms. The summed E-state index contributed by atoms with van der Waals surface area (Å²) in [4.78, 5) is 16.2. The molecule has 0 saturated carbocycles. The smallest absolute Gasteiger partial charge is 0.356 e. The van der Waals surface area contributed by atoms with Gasteiger partial charge < -0.3 is 14.0 Å². The van der Waals surface area contributed by atoms with Crippen molar-refractivity contribution in [3.8, 4) is 0 Å². The molecule has 0 aliphatic heterocycles. The third-order valence-electron chi connectivity index (χ3n) is 4.63. The Bertz CT molecular complexity index is 721. The fraction of sp³-hybridized carbons (Fsp3) is 0.444. The van der Waals surface area contributed by atoms with Crippen molar-refractivity contribution in [3.63, 3.8) is 0 Å². The van der Waals surface area contributed by atoms with Crippen LogP contribution < -0.4 is 0 Å². The van der Waals surface area contributed by atoms with E-state index in [0.717, 1.165) is 0 Å². The molecule has 0 N–H and O–H groups in total. The van der Waals surface area contributed by atoms with E-state index in [-0.39, 0.29) is 23.5 Å². The monoisotopic (exact) mass is 314 g/mol. The first-order valence-corrected chi connectivity index (χ1v) is 7.83. The van der Waals surface area contributed by atoms with Crippen LogP contribution in [0.15, 0.2) is 36.8 Å². The van der Waals surface area contributed by atoms with Crippen LogP contribution in [0.25, 0.3) is 0 Å². The van der Waals surface area contributed by atoms with Crippen LogP contribution in [0, 0.1) is 5.41 Å². The molecule has 2 atom stereocenters. The molecule has 122 valence electrons. The number of methoxy groups -OCH3 is 1. The number of benzene rings is 1. The van der Waals surface area contributed by atoms with Crippen molar-refractivity contribution in [1.82, 2.24) is 9.55 Å². The van der Waals surface area contributed by atoms with Gasteiger partial charge in [0.05, 0.1) is 31.8 Å². The average Bonchev–Trinajstić information content (AvgIpc) is 3.08. The Morgan fingerprint density at radius 1 is 1.30 bits per heavy atom. The number of carbonyl (C=O) groups is 1. The quantitative estimate of drug-likeness (QED) is 0.812. The van der Waals surface area contributed by atoms with Gasteiger partial charge in [-0.1, -0.05) is 38.1 Å². The van der Waals surface area contributed by atoms with Crippen molar-refractivity contribution in [1.29, 1.82) is 0 Å². The number of ether oxygens (including phenoxy) is 2. The Balaban J connectivity index is 2.16. The summed E-state index contributed by atoms with van der Waals surface area (Å²) in [5.74, 6) is -0.379. The number of hydrogen-bond donors (Lipinski definition) is 0. The number of imidazole rings is 1. The number of nitrogens with zero attached hydrogens (tertiary/aromatic N) is 2. The molecule has 23 heavy (non-hydrogen) atoms. The Kier molecular flexibility index (Phi) is 3.98. The second kappa shape index (κ2) is 5.81. The number of rotatable bonds is 4. The molecule has 1 aliphatic rings. The van der Waals surface area contributed by atoms with E-state index in [9.17, 15) is 4.79 Å². The highest BCUT2D eigenvalue weighted by atomic mass is 16.5. The molecular weight excluding hydrogens is 292 g/mol. The lowest BCUT2D eigenvalue weighted by molar-refractivity contribution is -0.0248.